The van der Waals surface area contributed by atoms with Gasteiger partial charge in [0.15, 0.2) is 6.61 Å². The highest BCUT2D eigenvalue weighted by molar-refractivity contribution is 5.77. The predicted octanol–water partition coefficient (Wildman–Crippen LogP) is 1.96. The molecular formula is C16H23NO3. The summed E-state index contributed by atoms with van der Waals surface area (Å²) in [5, 5.41) is 12.5. The maximum absolute atomic E-state index is 11.7. The summed E-state index contributed by atoms with van der Waals surface area (Å²) < 4.78 is 5.52. The molecule has 0 spiro atoms. The molecule has 0 aliphatic heterocycles. The topological polar surface area (TPSA) is 58.6 Å². The van der Waals surface area contributed by atoms with Gasteiger partial charge in [-0.2, -0.15) is 0 Å². The Morgan fingerprint density at radius 3 is 2.85 bits per heavy atom. The van der Waals surface area contributed by atoms with Crippen LogP contribution in [0.15, 0.2) is 18.2 Å². The molecule has 2 atom stereocenters. The quantitative estimate of drug-likeness (QED) is 0.865. The Morgan fingerprint density at radius 2 is 2.20 bits per heavy atom. The van der Waals surface area contributed by atoms with Crippen molar-refractivity contribution in [3.05, 3.63) is 29.3 Å². The number of ether oxygens (including phenoxy) is 1. The van der Waals surface area contributed by atoms with Crippen molar-refractivity contribution >= 4 is 5.91 Å². The Bertz CT molecular complexity index is 473. The number of hydrogen-bond donors (Lipinski definition) is 2. The number of amides is 1. The summed E-state index contributed by atoms with van der Waals surface area (Å²) in [5.74, 6) is 0.802. The number of aliphatic hydroxyl groups is 1. The third-order valence-corrected chi connectivity index (χ3v) is 3.87. The van der Waals surface area contributed by atoms with Crippen molar-refractivity contribution < 1.29 is 14.6 Å². The molecule has 2 rings (SSSR count). The summed E-state index contributed by atoms with van der Waals surface area (Å²) in [6.07, 6.45) is 2.61. The second-order valence-corrected chi connectivity index (χ2v) is 5.62. The number of aryl methyl sites for hydroxylation is 2. The van der Waals surface area contributed by atoms with E-state index in [2.05, 4.69) is 5.32 Å². The van der Waals surface area contributed by atoms with Crippen molar-refractivity contribution in [1.82, 2.24) is 5.32 Å². The molecule has 0 heterocycles. The van der Waals surface area contributed by atoms with Crippen molar-refractivity contribution in [1.29, 1.82) is 0 Å². The molecule has 0 radical (unpaired) electrons. The van der Waals surface area contributed by atoms with Crippen molar-refractivity contribution in [3.63, 3.8) is 0 Å². The van der Waals surface area contributed by atoms with Crippen LogP contribution in [0.4, 0.5) is 0 Å². The maximum atomic E-state index is 11.7. The van der Waals surface area contributed by atoms with E-state index in [0.717, 1.165) is 30.6 Å². The molecule has 1 amide bonds. The first-order valence-electron chi connectivity index (χ1n) is 7.21. The molecule has 4 nitrogen and oxygen atoms in total. The van der Waals surface area contributed by atoms with Crippen LogP contribution in [0, 0.1) is 19.8 Å². The van der Waals surface area contributed by atoms with Gasteiger partial charge in [0, 0.05) is 12.5 Å². The molecule has 4 heteroatoms. The molecule has 0 aromatic heterocycles. The molecule has 110 valence electrons. The molecular weight excluding hydrogens is 254 g/mol. The van der Waals surface area contributed by atoms with Crippen molar-refractivity contribution in [2.24, 2.45) is 5.92 Å². The van der Waals surface area contributed by atoms with Crippen LogP contribution in [0.3, 0.4) is 0 Å². The van der Waals surface area contributed by atoms with E-state index in [-0.39, 0.29) is 24.5 Å². The number of carbonyl (C=O) groups excluding carboxylic acids is 1. The third-order valence-electron chi connectivity index (χ3n) is 3.87. The summed E-state index contributed by atoms with van der Waals surface area (Å²) in [5.41, 5.74) is 2.21. The van der Waals surface area contributed by atoms with E-state index in [4.69, 9.17) is 4.74 Å². The van der Waals surface area contributed by atoms with Gasteiger partial charge in [-0.05, 0) is 38.3 Å². The number of nitrogens with one attached hydrogen (secondary N) is 1. The lowest BCUT2D eigenvalue weighted by molar-refractivity contribution is -0.123. The second-order valence-electron chi connectivity index (χ2n) is 5.62. The van der Waals surface area contributed by atoms with Gasteiger partial charge in [-0.15, -0.1) is 0 Å². The maximum Gasteiger partial charge on any atom is 0.257 e. The Kier molecular flexibility index (Phi) is 5.01. The average molecular weight is 277 g/mol. The van der Waals surface area contributed by atoms with Gasteiger partial charge in [0.2, 0.25) is 0 Å². The van der Waals surface area contributed by atoms with E-state index >= 15 is 0 Å². The number of hydrogen-bond acceptors (Lipinski definition) is 3. The SMILES string of the molecule is Cc1ccc(OCC(=O)NCC2CCCC2O)c(C)c1. The highest BCUT2D eigenvalue weighted by atomic mass is 16.5. The summed E-state index contributed by atoms with van der Waals surface area (Å²) in [6, 6.07) is 5.88. The minimum Gasteiger partial charge on any atom is -0.484 e. The minimum atomic E-state index is -0.268. The Hall–Kier alpha value is -1.55. The van der Waals surface area contributed by atoms with Gasteiger partial charge >= 0.3 is 0 Å². The van der Waals surface area contributed by atoms with Gasteiger partial charge in [0.25, 0.3) is 5.91 Å². The first-order chi connectivity index (χ1) is 9.56. The molecule has 1 aliphatic carbocycles. The van der Waals surface area contributed by atoms with E-state index in [1.807, 2.05) is 32.0 Å². The fourth-order valence-corrected chi connectivity index (χ4v) is 2.66. The summed E-state index contributed by atoms with van der Waals surface area (Å²) in [7, 11) is 0. The van der Waals surface area contributed by atoms with E-state index in [0.29, 0.717) is 6.54 Å². The van der Waals surface area contributed by atoms with Crippen molar-refractivity contribution in [3.8, 4) is 5.75 Å². The van der Waals surface area contributed by atoms with Gasteiger partial charge in [0.1, 0.15) is 5.75 Å². The van der Waals surface area contributed by atoms with Crippen LogP contribution < -0.4 is 10.1 Å². The van der Waals surface area contributed by atoms with Crippen molar-refractivity contribution in [2.75, 3.05) is 13.2 Å². The zero-order valence-electron chi connectivity index (χ0n) is 12.2. The smallest absolute Gasteiger partial charge is 0.257 e. The molecule has 1 aromatic carbocycles. The van der Waals surface area contributed by atoms with E-state index < -0.39 is 0 Å². The van der Waals surface area contributed by atoms with E-state index in [1.165, 1.54) is 5.56 Å². The molecule has 1 saturated carbocycles. The lowest BCUT2D eigenvalue weighted by atomic mass is 10.1. The zero-order chi connectivity index (χ0) is 14.5. The van der Waals surface area contributed by atoms with Crippen LogP contribution in [0.25, 0.3) is 0 Å². The van der Waals surface area contributed by atoms with Crippen LogP contribution in [0.1, 0.15) is 30.4 Å². The predicted molar refractivity (Wildman–Crippen MR) is 77.8 cm³/mol. The standard InChI is InChI=1S/C16H23NO3/c1-11-6-7-15(12(2)8-11)20-10-16(19)17-9-13-4-3-5-14(13)18/h6-8,13-14,18H,3-5,9-10H2,1-2H3,(H,17,19). The molecule has 0 bridgehead atoms. The molecule has 20 heavy (non-hydrogen) atoms. The fourth-order valence-electron chi connectivity index (χ4n) is 2.66. The number of rotatable bonds is 5. The largest absolute Gasteiger partial charge is 0.484 e. The van der Waals surface area contributed by atoms with Crippen LogP contribution in [-0.2, 0) is 4.79 Å². The molecule has 1 aromatic rings. The van der Waals surface area contributed by atoms with E-state index in [9.17, 15) is 9.90 Å². The van der Waals surface area contributed by atoms with Crippen LogP contribution >= 0.6 is 0 Å². The van der Waals surface area contributed by atoms with Gasteiger partial charge in [-0.3, -0.25) is 4.79 Å². The molecule has 2 N–H and O–H groups in total. The Morgan fingerprint density at radius 1 is 1.40 bits per heavy atom. The number of aliphatic hydroxyl groups excluding tert-OH is 1. The Labute approximate surface area is 120 Å². The van der Waals surface area contributed by atoms with Crippen LogP contribution in [0.5, 0.6) is 5.75 Å². The normalized spacial score (nSPS) is 21.8. The van der Waals surface area contributed by atoms with Crippen molar-refractivity contribution in [2.45, 2.75) is 39.2 Å². The highest BCUT2D eigenvalue weighted by Gasteiger charge is 2.25. The lowest BCUT2D eigenvalue weighted by Crippen LogP contribution is -2.35. The monoisotopic (exact) mass is 277 g/mol. The number of carbonyl (C=O) groups is 1. The van der Waals surface area contributed by atoms with Crippen LogP contribution in [0.2, 0.25) is 0 Å². The Balaban J connectivity index is 1.74. The van der Waals surface area contributed by atoms with E-state index in [1.54, 1.807) is 0 Å². The second kappa shape index (κ2) is 6.75. The molecule has 0 saturated heterocycles. The van der Waals surface area contributed by atoms with Gasteiger partial charge in [-0.1, -0.05) is 24.1 Å². The third kappa shape index (κ3) is 3.97. The lowest BCUT2D eigenvalue weighted by Gasteiger charge is -2.15. The van der Waals surface area contributed by atoms with Gasteiger partial charge in [-0.25, -0.2) is 0 Å². The van der Waals surface area contributed by atoms with Crippen LogP contribution in [-0.4, -0.2) is 30.3 Å². The number of benzene rings is 1. The molecule has 2 unspecified atom stereocenters. The first-order valence-corrected chi connectivity index (χ1v) is 7.21. The minimum absolute atomic E-state index is 0.0206. The fraction of sp³-hybridized carbons (Fsp3) is 0.562. The summed E-state index contributed by atoms with van der Waals surface area (Å²) >= 11 is 0. The van der Waals surface area contributed by atoms with Gasteiger partial charge in [0.05, 0.1) is 6.10 Å². The summed E-state index contributed by atoms with van der Waals surface area (Å²) in [6.45, 7) is 4.55. The zero-order valence-corrected chi connectivity index (χ0v) is 12.2. The summed E-state index contributed by atoms with van der Waals surface area (Å²) in [4.78, 5) is 11.7. The van der Waals surface area contributed by atoms with Gasteiger partial charge < -0.3 is 15.2 Å². The molecule has 1 fully saturated rings. The first kappa shape index (κ1) is 14.9. The highest BCUT2D eigenvalue weighted by Crippen LogP contribution is 2.24. The molecule has 1 aliphatic rings. The average Bonchev–Trinajstić information content (AvgIpc) is 2.81.